The minimum atomic E-state index is -4.61. The number of halogens is 3. The van der Waals surface area contributed by atoms with E-state index in [1.807, 2.05) is 25.1 Å². The largest absolute Gasteiger partial charge is 0.516 e. The molecule has 1 aromatic heterocycles. The van der Waals surface area contributed by atoms with Crippen molar-refractivity contribution < 1.29 is 48.2 Å². The maximum Gasteiger partial charge on any atom is 0.414 e. The molecule has 0 aliphatic rings. The Balaban J connectivity index is 0.000000616. The number of methoxy groups -OCH3 is 1. The first kappa shape index (κ1) is 27.5. The number of aliphatic hydroxyl groups is 2. The summed E-state index contributed by atoms with van der Waals surface area (Å²) in [5.41, 5.74) is 3.74. The van der Waals surface area contributed by atoms with Crippen LogP contribution >= 0.6 is 0 Å². The predicted molar refractivity (Wildman–Crippen MR) is 100 cm³/mol. The van der Waals surface area contributed by atoms with Crippen molar-refractivity contribution in [2.75, 3.05) is 7.11 Å². The summed E-state index contributed by atoms with van der Waals surface area (Å²) in [5, 5.41) is 16.7. The van der Waals surface area contributed by atoms with Crippen LogP contribution in [0.2, 0.25) is 0 Å². The van der Waals surface area contributed by atoms with Gasteiger partial charge in [-0.1, -0.05) is 13.8 Å². The van der Waals surface area contributed by atoms with Crippen LogP contribution in [0.15, 0.2) is 24.4 Å². The monoisotopic (exact) mass is 592 g/mol. The van der Waals surface area contributed by atoms with E-state index in [9.17, 15) is 13.2 Å². The fourth-order valence-electron chi connectivity index (χ4n) is 2.27. The van der Waals surface area contributed by atoms with Gasteiger partial charge in [-0.3, -0.25) is 4.98 Å². The Kier molecular flexibility index (Phi) is 11.6. The van der Waals surface area contributed by atoms with Gasteiger partial charge in [-0.2, -0.15) is 13.2 Å². The second-order valence-electron chi connectivity index (χ2n) is 6.68. The van der Waals surface area contributed by atoms with Gasteiger partial charge >= 0.3 is 6.18 Å². The number of ether oxygens (including phenoxy) is 1. The smallest absolute Gasteiger partial charge is 0.414 e. The van der Waals surface area contributed by atoms with Crippen molar-refractivity contribution in [3.05, 3.63) is 41.9 Å². The van der Waals surface area contributed by atoms with Crippen LogP contribution in [0.3, 0.4) is 0 Å². The average Bonchev–Trinajstić information content (AvgIpc) is 2.61. The van der Waals surface area contributed by atoms with Crippen LogP contribution in [0.1, 0.15) is 44.5 Å². The van der Waals surface area contributed by atoms with Crippen LogP contribution in [0.5, 0.6) is 5.75 Å². The average molecular weight is 592 g/mol. The number of aryl methyl sites for hydroxylation is 1. The molecule has 1 aromatic carbocycles. The third kappa shape index (κ3) is 9.21. The van der Waals surface area contributed by atoms with E-state index in [4.69, 9.17) is 14.9 Å². The van der Waals surface area contributed by atoms with Gasteiger partial charge in [0.25, 0.3) is 0 Å². The van der Waals surface area contributed by atoms with E-state index < -0.39 is 24.8 Å². The third-order valence-corrected chi connectivity index (χ3v) is 3.67. The van der Waals surface area contributed by atoms with Gasteiger partial charge in [0.1, 0.15) is 0 Å². The molecule has 1 heterocycles. The van der Waals surface area contributed by atoms with Gasteiger partial charge < -0.3 is 19.9 Å². The third-order valence-electron chi connectivity index (χ3n) is 3.67. The molecule has 0 aliphatic carbocycles. The number of aromatic nitrogens is 2. The molecule has 2 aromatic rings. The first-order chi connectivity index (χ1) is 13.0. The molecule has 165 valence electrons. The molecule has 0 spiro atoms. The Hall–Kier alpha value is -1.54. The summed E-state index contributed by atoms with van der Waals surface area (Å²) in [6, 6.07) is 8.85. The number of nitrogens with zero attached hydrogens (tertiary/aromatic N) is 2. The predicted octanol–water partition coefficient (Wildman–Crippen LogP) is 4.06. The molecule has 5 nitrogen and oxygen atoms in total. The molecule has 0 aliphatic heterocycles. The van der Waals surface area contributed by atoms with Crippen LogP contribution in [0.25, 0.3) is 11.3 Å². The Morgan fingerprint density at radius 1 is 1.21 bits per heavy atom. The zero-order valence-electron chi connectivity index (χ0n) is 16.9. The number of aliphatic hydroxyl groups excluding tert-OH is 2. The van der Waals surface area contributed by atoms with E-state index in [0.29, 0.717) is 5.92 Å². The van der Waals surface area contributed by atoms with E-state index in [-0.39, 0.29) is 20.1 Å². The van der Waals surface area contributed by atoms with Gasteiger partial charge in [0.15, 0.2) is 6.10 Å². The van der Waals surface area contributed by atoms with Crippen LogP contribution in [-0.2, 0) is 20.1 Å². The summed E-state index contributed by atoms with van der Waals surface area (Å²) < 4.78 is 39.6. The maximum atomic E-state index is 11.4. The molecule has 9 heteroatoms. The molecular weight excluding hydrogens is 565 g/mol. The minimum absolute atomic E-state index is 0. The molecule has 2 unspecified atom stereocenters. The van der Waals surface area contributed by atoms with E-state index in [1.165, 1.54) is 6.92 Å². The number of hydrogen-bond acceptors (Lipinski definition) is 5. The summed E-state index contributed by atoms with van der Waals surface area (Å²) >= 11 is 0. The van der Waals surface area contributed by atoms with Gasteiger partial charge in [0.05, 0.1) is 18.9 Å². The molecule has 0 saturated heterocycles. The van der Waals surface area contributed by atoms with Gasteiger partial charge in [0, 0.05) is 49.9 Å². The molecule has 0 fully saturated rings. The van der Waals surface area contributed by atoms with E-state index in [1.54, 1.807) is 13.3 Å². The van der Waals surface area contributed by atoms with Crippen molar-refractivity contribution in [1.29, 1.82) is 0 Å². The summed E-state index contributed by atoms with van der Waals surface area (Å²) in [7, 11) is 1.66. The number of hydrogen-bond donors (Lipinski definition) is 2. The van der Waals surface area contributed by atoms with Crippen molar-refractivity contribution in [1.82, 2.24) is 9.97 Å². The molecule has 29 heavy (non-hydrogen) atoms. The SMILES string of the molecule is CC(O)CC(O)C(F)(F)F.COc1cc[c-]c(-c2ncc(C)nc2C(C)C)c1.[Ir]. The fourth-order valence-corrected chi connectivity index (χ4v) is 2.27. The quantitative estimate of drug-likeness (QED) is 0.514. The molecule has 2 N–H and O–H groups in total. The zero-order valence-corrected chi connectivity index (χ0v) is 19.3. The fraction of sp³-hybridized carbons (Fsp3) is 0.500. The first-order valence-corrected chi connectivity index (χ1v) is 8.78. The Morgan fingerprint density at radius 2 is 1.83 bits per heavy atom. The van der Waals surface area contributed by atoms with Crippen molar-refractivity contribution in [2.45, 2.75) is 58.4 Å². The standard InChI is InChI=1S/C15H17N2O.C5H9F3O2.Ir/c1-10(2)14-15(16-9-11(3)17-14)12-6-5-7-13(8-12)18-4;1-3(9)2-4(10)5(6,7)8;/h5,7-10H,1-4H3;3-4,9-10H,2H2,1H3;/q-1;;. The molecule has 0 amide bonds. The van der Waals surface area contributed by atoms with Crippen molar-refractivity contribution in [2.24, 2.45) is 0 Å². The van der Waals surface area contributed by atoms with Crippen LogP contribution in [0.4, 0.5) is 13.2 Å². The van der Waals surface area contributed by atoms with Gasteiger partial charge in [-0.15, -0.1) is 29.8 Å². The maximum absolute atomic E-state index is 11.4. The van der Waals surface area contributed by atoms with Crippen LogP contribution < -0.4 is 4.74 Å². The normalized spacial score (nSPS) is 13.1. The van der Waals surface area contributed by atoms with Gasteiger partial charge in [-0.25, -0.2) is 0 Å². The zero-order chi connectivity index (χ0) is 21.5. The number of alkyl halides is 3. The van der Waals surface area contributed by atoms with E-state index >= 15 is 0 Å². The Morgan fingerprint density at radius 3 is 2.28 bits per heavy atom. The van der Waals surface area contributed by atoms with Crippen molar-refractivity contribution in [3.63, 3.8) is 0 Å². The summed E-state index contributed by atoms with van der Waals surface area (Å²) in [6.07, 6.45) is -7.03. The number of rotatable bonds is 5. The molecule has 2 rings (SSSR count). The topological polar surface area (TPSA) is 75.5 Å². The van der Waals surface area contributed by atoms with E-state index in [2.05, 4.69) is 29.9 Å². The molecule has 0 bridgehead atoms. The summed E-state index contributed by atoms with van der Waals surface area (Å²) in [6.45, 7) is 7.38. The second kappa shape index (κ2) is 12.2. The van der Waals surface area contributed by atoms with Crippen LogP contribution in [-0.4, -0.2) is 45.7 Å². The minimum Gasteiger partial charge on any atom is -0.516 e. The Bertz CT molecular complexity index is 756. The molecule has 1 radical (unpaired) electrons. The second-order valence-corrected chi connectivity index (χ2v) is 6.68. The van der Waals surface area contributed by atoms with Crippen molar-refractivity contribution in [3.8, 4) is 17.0 Å². The summed E-state index contributed by atoms with van der Waals surface area (Å²) in [5.74, 6) is 1.13. The van der Waals surface area contributed by atoms with E-state index in [0.717, 1.165) is 28.4 Å². The summed E-state index contributed by atoms with van der Waals surface area (Å²) in [4.78, 5) is 9.08. The molecule has 0 saturated carbocycles. The molecular formula is C20H26F3IrN2O3-. The van der Waals surface area contributed by atoms with Gasteiger partial charge in [0.2, 0.25) is 0 Å². The van der Waals surface area contributed by atoms with Crippen LogP contribution in [0, 0.1) is 13.0 Å². The number of benzene rings is 1. The molecule has 2 atom stereocenters. The first-order valence-electron chi connectivity index (χ1n) is 8.78. The van der Waals surface area contributed by atoms with Crippen molar-refractivity contribution >= 4 is 0 Å². The Labute approximate surface area is 182 Å². The van der Waals surface area contributed by atoms with Gasteiger partial charge in [-0.05, 0) is 19.8 Å².